The van der Waals surface area contributed by atoms with E-state index in [1.807, 2.05) is 32.2 Å². The molecule has 1 aromatic carbocycles. The Kier molecular flexibility index (Phi) is 3.59. The van der Waals surface area contributed by atoms with Crippen molar-refractivity contribution in [2.75, 3.05) is 5.32 Å². The van der Waals surface area contributed by atoms with Crippen LogP contribution in [0.3, 0.4) is 0 Å². The lowest BCUT2D eigenvalue weighted by Gasteiger charge is -2.11. The molecule has 6 heteroatoms. The predicted molar refractivity (Wildman–Crippen MR) is 80.2 cm³/mol. The van der Waals surface area contributed by atoms with Gasteiger partial charge in [-0.1, -0.05) is 12.1 Å². The van der Waals surface area contributed by atoms with Crippen LogP contribution in [0.25, 0.3) is 5.69 Å². The molecule has 0 aliphatic heterocycles. The highest BCUT2D eigenvalue weighted by molar-refractivity contribution is 5.55. The quantitative estimate of drug-likeness (QED) is 0.794. The van der Waals surface area contributed by atoms with Gasteiger partial charge in [-0.2, -0.15) is 4.68 Å². The van der Waals surface area contributed by atoms with E-state index in [2.05, 4.69) is 44.0 Å². The number of rotatable bonds is 4. The second kappa shape index (κ2) is 5.70. The summed E-state index contributed by atoms with van der Waals surface area (Å²) in [5.41, 5.74) is 4.26. The third-order valence-electron chi connectivity index (χ3n) is 3.28. The number of tetrazole rings is 1. The molecule has 0 spiro atoms. The van der Waals surface area contributed by atoms with Crippen LogP contribution in [0.2, 0.25) is 0 Å². The summed E-state index contributed by atoms with van der Waals surface area (Å²) in [5.74, 6) is 0.766. The summed E-state index contributed by atoms with van der Waals surface area (Å²) >= 11 is 0. The first-order chi connectivity index (χ1) is 10.2. The van der Waals surface area contributed by atoms with Gasteiger partial charge in [0, 0.05) is 24.6 Å². The highest BCUT2D eigenvalue weighted by atomic mass is 15.5. The lowest BCUT2D eigenvalue weighted by atomic mass is 10.1. The van der Waals surface area contributed by atoms with Crippen LogP contribution in [-0.2, 0) is 6.54 Å². The van der Waals surface area contributed by atoms with Gasteiger partial charge in [-0.15, -0.1) is 5.10 Å². The van der Waals surface area contributed by atoms with Crippen molar-refractivity contribution in [2.24, 2.45) is 0 Å². The van der Waals surface area contributed by atoms with Gasteiger partial charge >= 0.3 is 0 Å². The van der Waals surface area contributed by atoms with Crippen LogP contribution in [0.5, 0.6) is 0 Å². The SMILES string of the molecule is Cc1ccc(NCc2cccnc2)cc1-n1nnnc1C. The average molecular weight is 280 g/mol. The molecule has 0 radical (unpaired) electrons. The number of pyridine rings is 1. The maximum atomic E-state index is 4.11. The van der Waals surface area contributed by atoms with Crippen LogP contribution in [0.15, 0.2) is 42.7 Å². The Balaban J connectivity index is 1.83. The molecule has 2 heterocycles. The largest absolute Gasteiger partial charge is 0.381 e. The molecule has 6 nitrogen and oxygen atoms in total. The van der Waals surface area contributed by atoms with E-state index in [9.17, 15) is 0 Å². The van der Waals surface area contributed by atoms with E-state index >= 15 is 0 Å². The van der Waals surface area contributed by atoms with Gasteiger partial charge in [-0.3, -0.25) is 4.98 Å². The average Bonchev–Trinajstić information content (AvgIpc) is 2.93. The maximum Gasteiger partial charge on any atom is 0.153 e. The highest BCUT2D eigenvalue weighted by Gasteiger charge is 2.07. The molecular formula is C15H16N6. The number of nitrogens with zero attached hydrogens (tertiary/aromatic N) is 5. The van der Waals surface area contributed by atoms with E-state index in [0.29, 0.717) is 0 Å². The van der Waals surface area contributed by atoms with E-state index in [1.165, 1.54) is 0 Å². The zero-order valence-electron chi connectivity index (χ0n) is 12.0. The Labute approximate surface area is 122 Å². The minimum atomic E-state index is 0.727. The number of benzene rings is 1. The Hall–Kier alpha value is -2.76. The van der Waals surface area contributed by atoms with Gasteiger partial charge in [-0.25, -0.2) is 0 Å². The summed E-state index contributed by atoms with van der Waals surface area (Å²) in [6.07, 6.45) is 3.63. The van der Waals surface area contributed by atoms with Crippen LogP contribution in [-0.4, -0.2) is 25.2 Å². The van der Waals surface area contributed by atoms with Gasteiger partial charge in [0.05, 0.1) is 5.69 Å². The number of hydrogen-bond donors (Lipinski definition) is 1. The second-order valence-electron chi connectivity index (χ2n) is 4.85. The van der Waals surface area contributed by atoms with Gasteiger partial charge in [-0.05, 0) is 53.6 Å². The summed E-state index contributed by atoms with van der Waals surface area (Å²) < 4.78 is 1.74. The third-order valence-corrected chi connectivity index (χ3v) is 3.28. The van der Waals surface area contributed by atoms with Crippen LogP contribution >= 0.6 is 0 Å². The molecule has 1 N–H and O–H groups in total. The summed E-state index contributed by atoms with van der Waals surface area (Å²) in [6.45, 7) is 4.65. The van der Waals surface area contributed by atoms with E-state index in [1.54, 1.807) is 10.9 Å². The Bertz CT molecular complexity index is 735. The Morgan fingerprint density at radius 2 is 2.10 bits per heavy atom. The fourth-order valence-electron chi connectivity index (χ4n) is 2.11. The molecule has 106 valence electrons. The zero-order valence-corrected chi connectivity index (χ0v) is 12.0. The van der Waals surface area contributed by atoms with Crippen molar-refractivity contribution in [3.63, 3.8) is 0 Å². The summed E-state index contributed by atoms with van der Waals surface area (Å²) in [5, 5.41) is 15.0. The van der Waals surface area contributed by atoms with E-state index in [0.717, 1.165) is 34.9 Å². The van der Waals surface area contributed by atoms with Gasteiger partial charge < -0.3 is 5.32 Å². The summed E-state index contributed by atoms with van der Waals surface area (Å²) in [7, 11) is 0. The summed E-state index contributed by atoms with van der Waals surface area (Å²) in [4.78, 5) is 4.11. The van der Waals surface area contributed by atoms with Crippen molar-refractivity contribution < 1.29 is 0 Å². The molecule has 3 rings (SSSR count). The fourth-order valence-corrected chi connectivity index (χ4v) is 2.11. The van der Waals surface area contributed by atoms with Crippen LogP contribution in [0, 0.1) is 13.8 Å². The maximum absolute atomic E-state index is 4.11. The highest BCUT2D eigenvalue weighted by Crippen LogP contribution is 2.19. The van der Waals surface area contributed by atoms with Gasteiger partial charge in [0.25, 0.3) is 0 Å². The standard InChI is InChI=1S/C15H16N6/c1-11-5-6-14(17-10-13-4-3-7-16-9-13)8-15(11)21-12(2)18-19-20-21/h3-9,17H,10H2,1-2H3. The zero-order chi connectivity index (χ0) is 14.7. The van der Waals surface area contributed by atoms with Crippen molar-refractivity contribution in [1.82, 2.24) is 25.2 Å². The fraction of sp³-hybridized carbons (Fsp3) is 0.200. The number of aromatic nitrogens is 5. The lowest BCUT2D eigenvalue weighted by molar-refractivity contribution is 0.775. The predicted octanol–water partition coefficient (Wildman–Crippen LogP) is 2.29. The van der Waals surface area contributed by atoms with Crippen molar-refractivity contribution >= 4 is 5.69 Å². The van der Waals surface area contributed by atoms with Crippen LogP contribution < -0.4 is 5.32 Å². The van der Waals surface area contributed by atoms with E-state index in [-0.39, 0.29) is 0 Å². The van der Waals surface area contributed by atoms with Gasteiger partial charge in [0.1, 0.15) is 0 Å². The van der Waals surface area contributed by atoms with E-state index < -0.39 is 0 Å². The molecule has 0 aliphatic carbocycles. The monoisotopic (exact) mass is 280 g/mol. The van der Waals surface area contributed by atoms with Crippen molar-refractivity contribution in [2.45, 2.75) is 20.4 Å². The molecule has 3 aromatic rings. The molecule has 0 unspecified atom stereocenters. The normalized spacial score (nSPS) is 10.6. The first-order valence-corrected chi connectivity index (χ1v) is 6.73. The van der Waals surface area contributed by atoms with Crippen molar-refractivity contribution in [1.29, 1.82) is 0 Å². The number of anilines is 1. The molecule has 0 aliphatic rings. The third kappa shape index (κ3) is 2.89. The minimum Gasteiger partial charge on any atom is -0.381 e. The topological polar surface area (TPSA) is 68.5 Å². The molecular weight excluding hydrogens is 264 g/mol. The molecule has 0 atom stereocenters. The van der Waals surface area contributed by atoms with Gasteiger partial charge in [0.2, 0.25) is 0 Å². The van der Waals surface area contributed by atoms with Crippen LogP contribution in [0.1, 0.15) is 17.0 Å². The summed E-state index contributed by atoms with van der Waals surface area (Å²) in [6, 6.07) is 10.1. The molecule has 0 saturated carbocycles. The molecule has 21 heavy (non-hydrogen) atoms. The van der Waals surface area contributed by atoms with Gasteiger partial charge in [0.15, 0.2) is 5.82 Å². The molecule has 2 aromatic heterocycles. The minimum absolute atomic E-state index is 0.727. The van der Waals surface area contributed by atoms with Crippen molar-refractivity contribution in [3.8, 4) is 5.69 Å². The smallest absolute Gasteiger partial charge is 0.153 e. The van der Waals surface area contributed by atoms with Crippen LogP contribution in [0.4, 0.5) is 5.69 Å². The second-order valence-corrected chi connectivity index (χ2v) is 4.85. The number of nitrogens with one attached hydrogen (secondary N) is 1. The number of aryl methyl sites for hydroxylation is 2. The van der Waals surface area contributed by atoms with E-state index in [4.69, 9.17) is 0 Å². The first kappa shape index (κ1) is 13.2. The van der Waals surface area contributed by atoms with Crippen molar-refractivity contribution in [3.05, 3.63) is 59.7 Å². The Morgan fingerprint density at radius 3 is 2.81 bits per heavy atom. The lowest BCUT2D eigenvalue weighted by Crippen LogP contribution is -2.05. The molecule has 0 amide bonds. The number of hydrogen-bond acceptors (Lipinski definition) is 5. The molecule has 0 saturated heterocycles. The molecule has 0 fully saturated rings. The molecule has 0 bridgehead atoms. The Morgan fingerprint density at radius 1 is 1.19 bits per heavy atom. The first-order valence-electron chi connectivity index (χ1n) is 6.73.